The lowest BCUT2D eigenvalue weighted by Crippen LogP contribution is -2.24. The van der Waals surface area contributed by atoms with Crippen LogP contribution in [0.5, 0.6) is 5.75 Å². The summed E-state index contributed by atoms with van der Waals surface area (Å²) in [7, 11) is 0. The lowest BCUT2D eigenvalue weighted by atomic mass is 9.76. The summed E-state index contributed by atoms with van der Waals surface area (Å²) in [4.78, 5) is 12.7. The number of carbonyl (C=O) groups is 1. The van der Waals surface area contributed by atoms with E-state index in [0.717, 1.165) is 47.7 Å². The lowest BCUT2D eigenvalue weighted by Gasteiger charge is -2.28. The number of aromatic nitrogens is 2. The Labute approximate surface area is 176 Å². The average Bonchev–Trinajstić information content (AvgIpc) is 3.11. The number of phenolic OH excluding ortho intramolecular Hbond substituents is 1. The molecule has 0 fully saturated rings. The molecular weight excluding hydrogens is 376 g/mol. The summed E-state index contributed by atoms with van der Waals surface area (Å²) < 4.78 is 0. The van der Waals surface area contributed by atoms with Crippen LogP contribution in [0.1, 0.15) is 60.9 Å². The second-order valence-electron chi connectivity index (χ2n) is 9.32. The number of rotatable bonds is 4. The average molecular weight is 405 g/mol. The van der Waals surface area contributed by atoms with Crippen LogP contribution in [0.4, 0.5) is 0 Å². The van der Waals surface area contributed by atoms with Crippen molar-refractivity contribution >= 4 is 22.9 Å². The molecule has 3 aromatic rings. The number of hydrazone groups is 1. The van der Waals surface area contributed by atoms with E-state index in [-0.39, 0.29) is 17.1 Å². The molecule has 30 heavy (non-hydrogen) atoms. The molecule has 6 nitrogen and oxygen atoms in total. The number of hydrogen-bond acceptors (Lipinski definition) is 4. The molecule has 0 spiro atoms. The monoisotopic (exact) mass is 404 g/mol. The number of amides is 1. The number of aromatic hydroxyl groups is 1. The van der Waals surface area contributed by atoms with Gasteiger partial charge in [0.05, 0.1) is 6.21 Å². The third kappa shape index (κ3) is 4.22. The molecule has 4 rings (SSSR count). The molecule has 0 saturated heterocycles. The number of aromatic amines is 1. The van der Waals surface area contributed by atoms with Crippen LogP contribution < -0.4 is 5.43 Å². The normalized spacial score (nSPS) is 16.7. The Hall–Kier alpha value is -3.15. The van der Waals surface area contributed by atoms with Gasteiger partial charge < -0.3 is 5.11 Å². The van der Waals surface area contributed by atoms with Gasteiger partial charge in [-0.25, -0.2) is 5.43 Å². The Kier molecular flexibility index (Phi) is 5.33. The number of hydrogen-bond donors (Lipinski definition) is 3. The van der Waals surface area contributed by atoms with Crippen molar-refractivity contribution in [2.45, 2.75) is 46.5 Å². The van der Waals surface area contributed by atoms with Crippen molar-refractivity contribution in [2.75, 3.05) is 0 Å². The summed E-state index contributed by atoms with van der Waals surface area (Å²) in [6, 6.07) is 11.2. The molecule has 2 aromatic carbocycles. The predicted molar refractivity (Wildman–Crippen MR) is 119 cm³/mol. The zero-order valence-electron chi connectivity index (χ0n) is 17.7. The summed E-state index contributed by atoms with van der Waals surface area (Å²) in [5.74, 6) is 0.339. The van der Waals surface area contributed by atoms with E-state index in [1.165, 1.54) is 6.21 Å². The van der Waals surface area contributed by atoms with Gasteiger partial charge in [-0.3, -0.25) is 9.89 Å². The molecule has 3 N–H and O–H groups in total. The number of H-pyrrole nitrogens is 1. The second-order valence-corrected chi connectivity index (χ2v) is 9.32. The van der Waals surface area contributed by atoms with Gasteiger partial charge in [0, 0.05) is 16.8 Å². The van der Waals surface area contributed by atoms with E-state index in [1.54, 1.807) is 6.07 Å². The Morgan fingerprint density at radius 2 is 2.10 bits per heavy atom. The molecule has 1 aliphatic carbocycles. The fourth-order valence-electron chi connectivity index (χ4n) is 4.42. The quantitative estimate of drug-likeness (QED) is 0.439. The van der Waals surface area contributed by atoms with Gasteiger partial charge in [-0.05, 0) is 53.9 Å². The number of phenols is 1. The summed E-state index contributed by atoms with van der Waals surface area (Å²) in [5.41, 5.74) is 5.90. The molecule has 156 valence electrons. The first-order valence-corrected chi connectivity index (χ1v) is 10.4. The van der Waals surface area contributed by atoms with Crippen molar-refractivity contribution in [3.8, 4) is 5.75 Å². The minimum atomic E-state index is -0.333. The fraction of sp³-hybridized carbons (Fsp3) is 0.375. The summed E-state index contributed by atoms with van der Waals surface area (Å²) >= 11 is 0. The molecule has 1 aromatic heterocycles. The minimum Gasteiger partial charge on any atom is -0.507 e. The van der Waals surface area contributed by atoms with Crippen molar-refractivity contribution in [3.63, 3.8) is 0 Å². The molecule has 1 atom stereocenters. The van der Waals surface area contributed by atoms with E-state index < -0.39 is 0 Å². The van der Waals surface area contributed by atoms with Crippen LogP contribution in [0, 0.1) is 11.3 Å². The van der Waals surface area contributed by atoms with Crippen LogP contribution in [0.3, 0.4) is 0 Å². The first-order chi connectivity index (χ1) is 14.3. The molecule has 1 unspecified atom stereocenters. The van der Waals surface area contributed by atoms with Crippen molar-refractivity contribution in [1.82, 2.24) is 15.6 Å². The summed E-state index contributed by atoms with van der Waals surface area (Å²) in [6.45, 7) is 6.76. The van der Waals surface area contributed by atoms with Gasteiger partial charge in [0.15, 0.2) is 5.69 Å². The van der Waals surface area contributed by atoms with Gasteiger partial charge in [0.2, 0.25) is 0 Å². The van der Waals surface area contributed by atoms with Gasteiger partial charge in [-0.1, -0.05) is 51.1 Å². The highest BCUT2D eigenvalue weighted by Gasteiger charge is 2.29. The van der Waals surface area contributed by atoms with Crippen molar-refractivity contribution in [1.29, 1.82) is 0 Å². The maximum absolute atomic E-state index is 12.7. The topological polar surface area (TPSA) is 90.4 Å². The predicted octanol–water partition coefficient (Wildman–Crippen LogP) is 4.57. The van der Waals surface area contributed by atoms with E-state index in [9.17, 15) is 9.90 Å². The van der Waals surface area contributed by atoms with E-state index in [1.807, 2.05) is 30.3 Å². The third-order valence-corrected chi connectivity index (χ3v) is 5.67. The molecule has 1 heterocycles. The number of nitrogens with one attached hydrogen (secondary N) is 2. The number of aryl methyl sites for hydroxylation is 1. The van der Waals surface area contributed by atoms with Gasteiger partial charge in [-0.15, -0.1) is 0 Å². The Bertz CT molecular complexity index is 1110. The standard InChI is InChI=1S/C24H28N4O2/c1-24(2,3)13-15-8-10-20-18(12-15)22(27-26-20)23(30)28-25-14-19-17-7-5-4-6-16(17)9-11-21(19)29/h4-7,9,11,14-15,29H,8,10,12-13H2,1-3H3,(H,26,27)(H,28,30)/b25-14+. The summed E-state index contributed by atoms with van der Waals surface area (Å²) in [5, 5.41) is 23.5. The van der Waals surface area contributed by atoms with Crippen molar-refractivity contribution < 1.29 is 9.90 Å². The molecule has 0 bridgehead atoms. The number of carbonyl (C=O) groups excluding carboxylic acids is 1. The highest BCUT2D eigenvalue weighted by Crippen LogP contribution is 2.34. The van der Waals surface area contributed by atoms with Crippen LogP contribution in [0.15, 0.2) is 41.5 Å². The van der Waals surface area contributed by atoms with Gasteiger partial charge in [-0.2, -0.15) is 10.2 Å². The van der Waals surface area contributed by atoms with Crippen LogP contribution in [0.2, 0.25) is 0 Å². The van der Waals surface area contributed by atoms with Crippen molar-refractivity contribution in [2.24, 2.45) is 16.4 Å². The molecular formula is C24H28N4O2. The zero-order chi connectivity index (χ0) is 21.3. The van der Waals surface area contributed by atoms with Crippen molar-refractivity contribution in [3.05, 3.63) is 58.9 Å². The van der Waals surface area contributed by atoms with Crippen LogP contribution in [-0.4, -0.2) is 27.4 Å². The van der Waals surface area contributed by atoms with E-state index in [4.69, 9.17) is 0 Å². The van der Waals surface area contributed by atoms with Crippen LogP contribution >= 0.6 is 0 Å². The molecule has 0 radical (unpaired) electrons. The Morgan fingerprint density at radius 3 is 2.90 bits per heavy atom. The van der Waals surface area contributed by atoms with Gasteiger partial charge in [0.1, 0.15) is 5.75 Å². The van der Waals surface area contributed by atoms with Gasteiger partial charge >= 0.3 is 0 Å². The lowest BCUT2D eigenvalue weighted by molar-refractivity contribution is 0.0948. The minimum absolute atomic E-state index is 0.119. The highest BCUT2D eigenvalue weighted by molar-refractivity contribution is 6.03. The number of fused-ring (bicyclic) bond motifs is 2. The Balaban J connectivity index is 1.50. The van der Waals surface area contributed by atoms with E-state index in [0.29, 0.717) is 17.2 Å². The maximum atomic E-state index is 12.7. The molecule has 1 amide bonds. The fourth-order valence-corrected chi connectivity index (χ4v) is 4.42. The Morgan fingerprint density at radius 1 is 1.30 bits per heavy atom. The third-order valence-electron chi connectivity index (χ3n) is 5.67. The van der Waals surface area contributed by atoms with Gasteiger partial charge in [0.25, 0.3) is 5.91 Å². The number of nitrogens with zero attached hydrogens (tertiary/aromatic N) is 2. The first kappa shape index (κ1) is 20.1. The van der Waals surface area contributed by atoms with Crippen LogP contribution in [-0.2, 0) is 12.8 Å². The second kappa shape index (κ2) is 7.94. The van der Waals surface area contributed by atoms with E-state index in [2.05, 4.69) is 41.5 Å². The van der Waals surface area contributed by atoms with E-state index >= 15 is 0 Å². The highest BCUT2D eigenvalue weighted by atomic mass is 16.3. The molecule has 0 aliphatic heterocycles. The maximum Gasteiger partial charge on any atom is 0.292 e. The molecule has 0 saturated carbocycles. The zero-order valence-corrected chi connectivity index (χ0v) is 17.7. The largest absolute Gasteiger partial charge is 0.507 e. The SMILES string of the molecule is CC(C)(C)CC1CCc2[nH]nc(C(=O)N/N=C/c3c(O)ccc4ccccc34)c2C1. The summed E-state index contributed by atoms with van der Waals surface area (Å²) in [6.07, 6.45) is 5.50. The molecule has 1 aliphatic rings. The molecule has 6 heteroatoms. The first-order valence-electron chi connectivity index (χ1n) is 10.4. The number of benzene rings is 2. The smallest absolute Gasteiger partial charge is 0.292 e. The van der Waals surface area contributed by atoms with Crippen LogP contribution in [0.25, 0.3) is 10.8 Å².